The van der Waals surface area contributed by atoms with Crippen molar-refractivity contribution in [1.29, 1.82) is 0 Å². The lowest BCUT2D eigenvalue weighted by molar-refractivity contribution is -0.202. The third-order valence-electron chi connectivity index (χ3n) is 3.86. The number of aliphatic carboxylic acids is 1. The number of carboxylic acids is 1. The van der Waals surface area contributed by atoms with Crippen LogP contribution >= 0.6 is 11.6 Å². The highest BCUT2D eigenvalue weighted by molar-refractivity contribution is 6.33. The molecular formula is C13H13ClN4O5. The molecule has 4 heterocycles. The van der Waals surface area contributed by atoms with Crippen LogP contribution in [-0.4, -0.2) is 54.7 Å². The summed E-state index contributed by atoms with van der Waals surface area (Å²) in [5.74, 6) is -2.01. The summed E-state index contributed by atoms with van der Waals surface area (Å²) in [7, 11) is 0. The summed E-state index contributed by atoms with van der Waals surface area (Å²) < 4.78 is 18.8. The summed E-state index contributed by atoms with van der Waals surface area (Å²) in [6.07, 6.45) is -0.411. The highest BCUT2D eigenvalue weighted by atomic mass is 35.5. The fourth-order valence-corrected chi connectivity index (χ4v) is 3.19. The van der Waals surface area contributed by atoms with Crippen molar-refractivity contribution in [3.05, 3.63) is 17.8 Å². The molecule has 2 fully saturated rings. The molecule has 23 heavy (non-hydrogen) atoms. The van der Waals surface area contributed by atoms with Gasteiger partial charge in [0.05, 0.1) is 6.33 Å². The molecule has 0 aliphatic carbocycles. The fourth-order valence-electron chi connectivity index (χ4n) is 3.01. The highest BCUT2D eigenvalue weighted by Crippen LogP contribution is 2.43. The second kappa shape index (κ2) is 4.84. The lowest BCUT2D eigenvalue weighted by atomic mass is 10.1. The van der Waals surface area contributed by atoms with Crippen molar-refractivity contribution in [3.8, 4) is 0 Å². The number of aromatic nitrogens is 4. The molecule has 0 saturated carbocycles. The Morgan fingerprint density at radius 3 is 2.78 bits per heavy atom. The summed E-state index contributed by atoms with van der Waals surface area (Å²) >= 11 is 5.99. The Balaban J connectivity index is 1.78. The Hall–Kier alpha value is -1.81. The summed E-state index contributed by atoms with van der Waals surface area (Å²) in [6.45, 7) is 3.46. The number of carbonyl (C=O) groups is 1. The van der Waals surface area contributed by atoms with Crippen LogP contribution in [0.3, 0.4) is 0 Å². The van der Waals surface area contributed by atoms with Crippen LogP contribution in [0.2, 0.25) is 5.15 Å². The Morgan fingerprint density at radius 2 is 2.04 bits per heavy atom. The first-order valence-electron chi connectivity index (χ1n) is 6.94. The van der Waals surface area contributed by atoms with Crippen molar-refractivity contribution in [3.63, 3.8) is 0 Å². The molecule has 1 unspecified atom stereocenters. The number of imidazole rings is 1. The van der Waals surface area contributed by atoms with E-state index in [2.05, 4.69) is 15.0 Å². The minimum Gasteiger partial charge on any atom is -0.479 e. The number of hydrogen-bond donors (Lipinski definition) is 1. The van der Waals surface area contributed by atoms with Gasteiger partial charge in [0.1, 0.15) is 24.1 Å². The number of hydrogen-bond acceptors (Lipinski definition) is 7. The molecule has 4 rings (SSSR count). The molecule has 122 valence electrons. The Labute approximate surface area is 135 Å². The van der Waals surface area contributed by atoms with Crippen molar-refractivity contribution in [2.75, 3.05) is 0 Å². The fraction of sp³-hybridized carbons (Fsp3) is 0.538. The van der Waals surface area contributed by atoms with Gasteiger partial charge >= 0.3 is 5.97 Å². The summed E-state index contributed by atoms with van der Waals surface area (Å²) in [5, 5.41) is 9.58. The van der Waals surface area contributed by atoms with Crippen LogP contribution in [0.1, 0.15) is 20.1 Å². The summed E-state index contributed by atoms with van der Waals surface area (Å²) in [6, 6.07) is 0. The van der Waals surface area contributed by atoms with E-state index >= 15 is 0 Å². The van der Waals surface area contributed by atoms with Gasteiger partial charge in [-0.2, -0.15) is 0 Å². The molecule has 2 aromatic rings. The van der Waals surface area contributed by atoms with E-state index in [1.807, 2.05) is 0 Å². The quantitative estimate of drug-likeness (QED) is 0.806. The van der Waals surface area contributed by atoms with Gasteiger partial charge in [0.15, 0.2) is 28.9 Å². The van der Waals surface area contributed by atoms with Gasteiger partial charge < -0.3 is 19.3 Å². The van der Waals surface area contributed by atoms with Crippen LogP contribution in [0.15, 0.2) is 12.7 Å². The number of ether oxygens (including phenoxy) is 3. The number of nitrogens with zero attached hydrogens (tertiary/aromatic N) is 4. The van der Waals surface area contributed by atoms with E-state index in [0.29, 0.717) is 11.2 Å². The van der Waals surface area contributed by atoms with Crippen LogP contribution in [0.5, 0.6) is 0 Å². The maximum Gasteiger partial charge on any atom is 0.335 e. The van der Waals surface area contributed by atoms with E-state index in [9.17, 15) is 9.90 Å². The van der Waals surface area contributed by atoms with Gasteiger partial charge in [-0.25, -0.2) is 19.7 Å². The van der Waals surface area contributed by atoms with Gasteiger partial charge in [0.2, 0.25) is 0 Å². The molecule has 1 N–H and O–H groups in total. The molecule has 4 atom stereocenters. The van der Waals surface area contributed by atoms with Crippen LogP contribution in [0, 0.1) is 0 Å². The lowest BCUT2D eigenvalue weighted by Gasteiger charge is -2.23. The van der Waals surface area contributed by atoms with E-state index in [-0.39, 0.29) is 5.15 Å². The van der Waals surface area contributed by atoms with Crippen molar-refractivity contribution in [2.24, 2.45) is 0 Å². The molecule has 2 aromatic heterocycles. The largest absolute Gasteiger partial charge is 0.479 e. The molecular weight excluding hydrogens is 328 g/mol. The zero-order chi connectivity index (χ0) is 16.4. The zero-order valence-corrected chi connectivity index (χ0v) is 13.0. The van der Waals surface area contributed by atoms with Crippen LogP contribution in [0.25, 0.3) is 11.2 Å². The number of halogens is 1. The van der Waals surface area contributed by atoms with Gasteiger partial charge in [-0.1, -0.05) is 11.6 Å². The first-order chi connectivity index (χ1) is 10.9. The third kappa shape index (κ3) is 2.19. The Kier molecular flexibility index (Phi) is 3.11. The Bertz CT molecular complexity index is 794. The van der Waals surface area contributed by atoms with Crippen LogP contribution in [-0.2, 0) is 19.0 Å². The predicted molar refractivity (Wildman–Crippen MR) is 75.7 cm³/mol. The first kappa shape index (κ1) is 14.8. The molecule has 0 radical (unpaired) electrons. The second-order valence-electron chi connectivity index (χ2n) is 5.84. The molecule has 10 heteroatoms. The smallest absolute Gasteiger partial charge is 0.335 e. The molecule has 2 saturated heterocycles. The van der Waals surface area contributed by atoms with Crippen LogP contribution in [0.4, 0.5) is 0 Å². The average Bonchev–Trinajstić information content (AvgIpc) is 3.09. The lowest BCUT2D eigenvalue weighted by Crippen LogP contribution is -2.35. The van der Waals surface area contributed by atoms with Crippen molar-refractivity contribution < 1.29 is 24.1 Å². The van der Waals surface area contributed by atoms with Gasteiger partial charge in [-0.15, -0.1) is 0 Å². The van der Waals surface area contributed by atoms with E-state index in [1.165, 1.54) is 12.7 Å². The van der Waals surface area contributed by atoms with Crippen molar-refractivity contribution in [1.82, 2.24) is 19.5 Å². The monoisotopic (exact) mass is 340 g/mol. The van der Waals surface area contributed by atoms with E-state index in [4.69, 9.17) is 25.8 Å². The van der Waals surface area contributed by atoms with Gasteiger partial charge in [-0.3, -0.25) is 4.57 Å². The standard InChI is InChI=1S/C13H13ClN4O5/c1-13(2)22-6-7(23-13)11(21-8(6)12(19)20)18-4-17-5-9(14)15-3-16-10(5)18/h3-4,6-8,11H,1-2H3,(H,19,20)/t6-,7+,8-,11?/m0/s1. The average molecular weight is 341 g/mol. The molecule has 2 aliphatic rings. The van der Waals surface area contributed by atoms with E-state index in [0.717, 1.165) is 0 Å². The minimum atomic E-state index is -1.14. The SMILES string of the molecule is CC1(C)O[C@@H]2[C@@H](C(=O)O)OC(n3cnc4c(Cl)ncnc43)[C@@H]2O1. The van der Waals surface area contributed by atoms with Crippen LogP contribution < -0.4 is 0 Å². The zero-order valence-electron chi connectivity index (χ0n) is 12.2. The molecule has 0 aromatic carbocycles. The van der Waals surface area contributed by atoms with Gasteiger partial charge in [0, 0.05) is 0 Å². The number of fused-ring (bicyclic) bond motifs is 2. The van der Waals surface area contributed by atoms with Gasteiger partial charge in [0.25, 0.3) is 0 Å². The topological polar surface area (TPSA) is 109 Å². The predicted octanol–water partition coefficient (Wildman–Crippen LogP) is 0.982. The maximum absolute atomic E-state index is 11.5. The van der Waals surface area contributed by atoms with Crippen molar-refractivity contribution in [2.45, 2.75) is 44.2 Å². The van der Waals surface area contributed by atoms with E-state index < -0.39 is 36.3 Å². The number of carboxylic acid groups (broad SMARTS) is 1. The summed E-state index contributed by atoms with van der Waals surface area (Å²) in [5.41, 5.74) is 0.847. The highest BCUT2D eigenvalue weighted by Gasteiger charge is 2.58. The molecule has 0 bridgehead atoms. The van der Waals surface area contributed by atoms with Crippen molar-refractivity contribution >= 4 is 28.7 Å². The normalized spacial score (nSPS) is 32.3. The molecule has 2 aliphatic heterocycles. The molecule has 0 spiro atoms. The number of rotatable bonds is 2. The maximum atomic E-state index is 11.5. The molecule has 9 nitrogen and oxygen atoms in total. The van der Waals surface area contributed by atoms with Gasteiger partial charge in [-0.05, 0) is 13.8 Å². The van der Waals surface area contributed by atoms with E-state index in [1.54, 1.807) is 18.4 Å². The minimum absolute atomic E-state index is 0.210. The summed E-state index contributed by atoms with van der Waals surface area (Å²) in [4.78, 5) is 23.6. The third-order valence-corrected chi connectivity index (χ3v) is 4.14. The second-order valence-corrected chi connectivity index (χ2v) is 6.20. The first-order valence-corrected chi connectivity index (χ1v) is 7.32. The Morgan fingerprint density at radius 1 is 1.30 bits per heavy atom. The molecule has 0 amide bonds.